The van der Waals surface area contributed by atoms with E-state index in [-0.39, 0.29) is 5.69 Å². The largest absolute Gasteiger partial charge is 0.486 e. The van der Waals surface area contributed by atoms with Crippen molar-refractivity contribution in [3.8, 4) is 11.5 Å². The van der Waals surface area contributed by atoms with Crippen LogP contribution in [0, 0.1) is 17.6 Å². The van der Waals surface area contributed by atoms with Gasteiger partial charge >= 0.3 is 0 Å². The standard InChI is InChI=1S/C14H9F4N3O3/c15-10-9(13(21-18)20-12(17)11(10)16)14(22)19-6-1-2-7-8(5-6)24-4-3-23-7/h1-2,5H,3-4H2,(H,19,22)(H,20,21). The van der Waals surface area contributed by atoms with Gasteiger partial charge in [0.25, 0.3) is 11.9 Å². The number of nitrogens with one attached hydrogen (secondary N) is 2. The van der Waals surface area contributed by atoms with E-state index in [1.54, 1.807) is 0 Å². The highest BCUT2D eigenvalue weighted by Crippen LogP contribution is 2.33. The Hall–Kier alpha value is -3.04. The minimum absolute atomic E-state index is 0.151. The van der Waals surface area contributed by atoms with Gasteiger partial charge in [-0.1, -0.05) is 0 Å². The summed E-state index contributed by atoms with van der Waals surface area (Å²) in [6.07, 6.45) is 0. The van der Waals surface area contributed by atoms with Crippen molar-refractivity contribution >= 4 is 17.4 Å². The first-order valence-electron chi connectivity index (χ1n) is 6.63. The molecule has 1 aromatic heterocycles. The number of benzene rings is 1. The van der Waals surface area contributed by atoms with Gasteiger partial charge in [0.05, 0.1) is 0 Å². The fourth-order valence-electron chi connectivity index (χ4n) is 2.10. The van der Waals surface area contributed by atoms with E-state index in [0.717, 1.165) is 5.54 Å². The highest BCUT2D eigenvalue weighted by atomic mass is 19.2. The monoisotopic (exact) mass is 343 g/mol. The van der Waals surface area contributed by atoms with Crippen molar-refractivity contribution in [3.63, 3.8) is 0 Å². The number of amides is 1. The van der Waals surface area contributed by atoms with E-state index >= 15 is 0 Å². The smallest absolute Gasteiger partial charge is 0.262 e. The normalized spacial score (nSPS) is 12.7. The second-order valence-electron chi connectivity index (χ2n) is 4.66. The molecule has 0 saturated carbocycles. The van der Waals surface area contributed by atoms with Crippen LogP contribution in [0.25, 0.3) is 0 Å². The van der Waals surface area contributed by atoms with Gasteiger partial charge in [-0.25, -0.2) is 9.93 Å². The summed E-state index contributed by atoms with van der Waals surface area (Å²) in [6, 6.07) is 4.30. The van der Waals surface area contributed by atoms with Gasteiger partial charge in [-0.3, -0.25) is 4.79 Å². The predicted octanol–water partition coefficient (Wildman–Crippen LogP) is 2.82. The number of nitrogens with zero attached hydrogens (tertiary/aromatic N) is 1. The molecular weight excluding hydrogens is 334 g/mol. The molecule has 2 heterocycles. The lowest BCUT2D eigenvalue weighted by atomic mass is 10.2. The number of rotatable bonds is 3. The maximum absolute atomic E-state index is 13.8. The zero-order valence-corrected chi connectivity index (χ0v) is 11.8. The molecule has 0 saturated heterocycles. The van der Waals surface area contributed by atoms with Gasteiger partial charge in [0.15, 0.2) is 23.1 Å². The minimum Gasteiger partial charge on any atom is -0.486 e. The zero-order valence-electron chi connectivity index (χ0n) is 11.8. The third-order valence-electron chi connectivity index (χ3n) is 3.16. The van der Waals surface area contributed by atoms with Crippen LogP contribution in [0.5, 0.6) is 11.5 Å². The van der Waals surface area contributed by atoms with Crippen molar-refractivity contribution in [2.45, 2.75) is 0 Å². The lowest BCUT2D eigenvalue weighted by Gasteiger charge is -2.19. The van der Waals surface area contributed by atoms with Crippen LogP contribution in [0.2, 0.25) is 0 Å². The van der Waals surface area contributed by atoms with Gasteiger partial charge < -0.3 is 14.8 Å². The fourth-order valence-corrected chi connectivity index (χ4v) is 2.10. The molecule has 2 N–H and O–H groups in total. The summed E-state index contributed by atoms with van der Waals surface area (Å²) in [6.45, 7) is 0.679. The number of ether oxygens (including phenoxy) is 2. The Balaban J connectivity index is 1.92. The van der Waals surface area contributed by atoms with Gasteiger partial charge in [-0.05, 0) is 12.1 Å². The van der Waals surface area contributed by atoms with Gasteiger partial charge in [0.2, 0.25) is 5.82 Å². The number of halogens is 4. The molecule has 1 aliphatic rings. The van der Waals surface area contributed by atoms with E-state index in [4.69, 9.17) is 9.47 Å². The molecule has 0 spiro atoms. The Morgan fingerprint density at radius 3 is 2.50 bits per heavy atom. The van der Waals surface area contributed by atoms with Crippen LogP contribution in [0.3, 0.4) is 0 Å². The summed E-state index contributed by atoms with van der Waals surface area (Å²) in [5.41, 5.74) is -0.0964. The first-order chi connectivity index (χ1) is 11.5. The molecule has 0 bridgehead atoms. The Morgan fingerprint density at radius 1 is 1.08 bits per heavy atom. The van der Waals surface area contributed by atoms with Gasteiger partial charge in [-0.15, -0.1) is 4.48 Å². The highest BCUT2D eigenvalue weighted by molar-refractivity contribution is 6.07. The molecule has 0 radical (unpaired) electrons. The molecule has 0 unspecified atom stereocenters. The number of fused-ring (bicyclic) bond motifs is 1. The number of pyridine rings is 1. The fraction of sp³-hybridized carbons (Fsp3) is 0.143. The number of carbonyl (C=O) groups excluding carboxylic acids is 1. The van der Waals surface area contributed by atoms with E-state index in [1.165, 1.54) is 18.2 Å². The molecule has 2 aromatic rings. The Kier molecular flexibility index (Phi) is 4.11. The van der Waals surface area contributed by atoms with E-state index in [1.807, 2.05) is 0 Å². The molecule has 0 aliphatic carbocycles. The van der Waals surface area contributed by atoms with E-state index in [9.17, 15) is 22.4 Å². The molecule has 3 rings (SSSR count). The predicted molar refractivity (Wildman–Crippen MR) is 74.2 cm³/mol. The van der Waals surface area contributed by atoms with Crippen molar-refractivity contribution in [2.24, 2.45) is 0 Å². The average Bonchev–Trinajstić information content (AvgIpc) is 2.59. The molecule has 6 nitrogen and oxygen atoms in total. The van der Waals surface area contributed by atoms with E-state index < -0.39 is 34.9 Å². The maximum Gasteiger partial charge on any atom is 0.262 e. The molecule has 1 aliphatic heterocycles. The summed E-state index contributed by atoms with van der Waals surface area (Å²) in [7, 11) is 0. The first kappa shape index (κ1) is 15.8. The maximum atomic E-state index is 13.8. The lowest BCUT2D eigenvalue weighted by molar-refractivity contribution is 0.102. The van der Waals surface area contributed by atoms with Crippen molar-refractivity contribution in [3.05, 3.63) is 41.3 Å². The lowest BCUT2D eigenvalue weighted by Crippen LogP contribution is -2.19. The van der Waals surface area contributed by atoms with Gasteiger partial charge in [0.1, 0.15) is 18.8 Å². The van der Waals surface area contributed by atoms with E-state index in [2.05, 4.69) is 10.3 Å². The number of hydrogen-bond donors (Lipinski definition) is 2. The van der Waals surface area contributed by atoms with Crippen LogP contribution >= 0.6 is 0 Å². The van der Waals surface area contributed by atoms with Gasteiger partial charge in [-0.2, -0.15) is 13.8 Å². The van der Waals surface area contributed by atoms with Crippen LogP contribution < -0.4 is 20.3 Å². The molecule has 10 heteroatoms. The summed E-state index contributed by atoms with van der Waals surface area (Å²) in [5.74, 6) is -7.24. The first-order valence-corrected chi connectivity index (χ1v) is 6.63. The summed E-state index contributed by atoms with van der Waals surface area (Å²) < 4.78 is 63.2. The quantitative estimate of drug-likeness (QED) is 0.509. The molecule has 0 atom stereocenters. The van der Waals surface area contributed by atoms with Crippen molar-refractivity contribution < 1.29 is 31.9 Å². The van der Waals surface area contributed by atoms with Crippen LogP contribution in [0.1, 0.15) is 10.4 Å². The minimum atomic E-state index is -1.98. The summed E-state index contributed by atoms with van der Waals surface area (Å²) in [4.78, 5) is 14.9. The third-order valence-corrected chi connectivity index (χ3v) is 3.16. The molecule has 24 heavy (non-hydrogen) atoms. The van der Waals surface area contributed by atoms with Gasteiger partial charge in [0, 0.05) is 11.8 Å². The third kappa shape index (κ3) is 2.77. The molecule has 0 fully saturated rings. The van der Waals surface area contributed by atoms with Crippen LogP contribution in [-0.4, -0.2) is 24.1 Å². The number of anilines is 2. The molecule has 126 valence electrons. The Bertz CT molecular complexity index is 816. The van der Waals surface area contributed by atoms with Crippen LogP contribution in [0.15, 0.2) is 18.2 Å². The van der Waals surface area contributed by atoms with Crippen LogP contribution in [0.4, 0.5) is 29.2 Å². The SMILES string of the molecule is O=C(Nc1ccc2c(c1)OCCO2)c1c(NF)nc(F)c(F)c1F. The number of hydrogen-bond acceptors (Lipinski definition) is 5. The van der Waals surface area contributed by atoms with Crippen molar-refractivity contribution in [1.29, 1.82) is 0 Å². The van der Waals surface area contributed by atoms with Crippen molar-refractivity contribution in [2.75, 3.05) is 24.1 Å². The van der Waals surface area contributed by atoms with Crippen molar-refractivity contribution in [1.82, 2.24) is 4.98 Å². The van der Waals surface area contributed by atoms with Crippen LogP contribution in [-0.2, 0) is 0 Å². The highest BCUT2D eigenvalue weighted by Gasteiger charge is 2.26. The summed E-state index contributed by atoms with van der Waals surface area (Å²) in [5, 5.41) is 2.22. The topological polar surface area (TPSA) is 72.5 Å². The second kappa shape index (κ2) is 6.22. The number of carbonyl (C=O) groups is 1. The zero-order chi connectivity index (χ0) is 17.3. The molecule has 1 aromatic carbocycles. The summed E-state index contributed by atoms with van der Waals surface area (Å²) >= 11 is 0. The number of aromatic nitrogens is 1. The Labute approximate surface area is 132 Å². The molecule has 1 amide bonds. The second-order valence-corrected chi connectivity index (χ2v) is 4.66. The molecular formula is C14H9F4N3O3. The van der Waals surface area contributed by atoms with E-state index in [0.29, 0.717) is 24.7 Å². The Morgan fingerprint density at radius 2 is 1.79 bits per heavy atom. The average molecular weight is 343 g/mol.